The van der Waals surface area contributed by atoms with Crippen LogP contribution in [0, 0.1) is 0 Å². The Labute approximate surface area is 199 Å². The molecule has 1 rings (SSSR count). The van der Waals surface area contributed by atoms with Gasteiger partial charge in [0.05, 0.1) is 14.4 Å². The molecule has 0 spiro atoms. The summed E-state index contributed by atoms with van der Waals surface area (Å²) in [5.74, 6) is 0. The van der Waals surface area contributed by atoms with Crippen LogP contribution in [0.3, 0.4) is 0 Å². The second-order valence-corrected chi connectivity index (χ2v) is 4.36. The minimum absolute atomic E-state index is 0. The smallest absolute Gasteiger partial charge is 0.790 e. The molecular weight excluding hydrogens is 357 g/mol. The van der Waals surface area contributed by atoms with Gasteiger partial charge in [0, 0.05) is 0 Å². The minimum atomic E-state index is -5.41. The van der Waals surface area contributed by atoms with E-state index >= 15 is 0 Å². The van der Waals surface area contributed by atoms with Crippen molar-refractivity contribution >= 4 is 7.82 Å². The zero-order chi connectivity index (χ0) is 12.5. The van der Waals surface area contributed by atoms with Crippen LogP contribution in [0.5, 0.6) is 0 Å². The Morgan fingerprint density at radius 3 is 1.85 bits per heavy atom. The summed E-state index contributed by atoms with van der Waals surface area (Å²) >= 11 is 0. The van der Waals surface area contributed by atoms with Gasteiger partial charge in [-0.3, -0.25) is 0 Å². The Hall–Kier alpha value is 3.10. The van der Waals surface area contributed by atoms with Crippen LogP contribution >= 0.6 is 7.82 Å². The maximum atomic E-state index is 10.3. The van der Waals surface area contributed by atoms with E-state index in [9.17, 15) is 29.7 Å². The molecule has 0 unspecified atom stereocenters. The van der Waals surface area contributed by atoms with Crippen LogP contribution in [0.25, 0.3) is 0 Å². The van der Waals surface area contributed by atoms with E-state index in [0.717, 1.165) is 0 Å². The minimum Gasteiger partial charge on any atom is -0.790 e. The number of hydrogen-bond donors (Lipinski definition) is 4. The van der Waals surface area contributed by atoms with Gasteiger partial charge >= 0.3 is 103 Å². The Kier molecular flexibility index (Phi) is 20.7. The van der Waals surface area contributed by atoms with Gasteiger partial charge in [0.2, 0.25) is 0 Å². The summed E-state index contributed by atoms with van der Waals surface area (Å²) in [6.07, 6.45) is -8.61. The van der Waals surface area contributed by atoms with E-state index in [0.29, 0.717) is 0 Å². The van der Waals surface area contributed by atoms with Crippen molar-refractivity contribution in [3.8, 4) is 0 Å². The second-order valence-electron chi connectivity index (χ2n) is 3.25. The number of phosphoric ester groups is 1. The van der Waals surface area contributed by atoms with Crippen molar-refractivity contribution in [1.82, 2.24) is 0 Å². The van der Waals surface area contributed by atoms with Crippen LogP contribution < -0.4 is 113 Å². The number of phosphoric acid groups is 1. The summed E-state index contributed by atoms with van der Waals surface area (Å²) in [6, 6.07) is 0. The normalized spacial score (nSPS) is 32.8. The zero-order valence-electron chi connectivity index (χ0n) is 10.9. The molecule has 0 aromatic carbocycles. The zero-order valence-corrected chi connectivity index (χ0v) is 18.0. The van der Waals surface area contributed by atoms with Crippen LogP contribution in [0.4, 0.5) is 0 Å². The number of ether oxygens (including phenoxy) is 1. The maximum Gasteiger partial charge on any atom is 1.00 e. The summed E-state index contributed by atoms with van der Waals surface area (Å²) in [7, 11) is -5.41. The molecule has 20 heavy (non-hydrogen) atoms. The molecule has 112 valence electrons. The molecule has 5 atom stereocenters. The Morgan fingerprint density at radius 1 is 1.05 bits per heavy atom. The van der Waals surface area contributed by atoms with Gasteiger partial charge in [-0.1, -0.05) is 0 Å². The molecule has 1 saturated heterocycles. The predicted molar refractivity (Wildman–Crippen MR) is 49.7 cm³/mol. The molecule has 0 aliphatic carbocycles. The SMILES string of the molecule is O.O.O=P([O-])([O-])O[C@H]1O[C@H](CO)[C@H](O)[C@H](O)[C@H]1O.[K+].[K+]. The van der Waals surface area contributed by atoms with Gasteiger partial charge in [0.25, 0.3) is 0 Å². The molecule has 1 fully saturated rings. The van der Waals surface area contributed by atoms with E-state index < -0.39 is 45.1 Å². The number of rotatable bonds is 3. The van der Waals surface area contributed by atoms with Crippen LogP contribution in [0.15, 0.2) is 0 Å². The Morgan fingerprint density at radius 2 is 1.50 bits per heavy atom. The van der Waals surface area contributed by atoms with Crippen molar-refractivity contribution in [3.05, 3.63) is 0 Å². The first kappa shape index (κ1) is 30.9. The fourth-order valence-corrected chi connectivity index (χ4v) is 1.71. The molecule has 8 N–H and O–H groups in total. The first-order chi connectivity index (χ1) is 7.26. The summed E-state index contributed by atoms with van der Waals surface area (Å²) in [5, 5.41) is 36.5. The number of hydrogen-bond acceptors (Lipinski definition) is 9. The third-order valence-corrected chi connectivity index (χ3v) is 2.55. The van der Waals surface area contributed by atoms with E-state index in [1.165, 1.54) is 0 Å². The molecule has 0 aromatic rings. The fourth-order valence-electron chi connectivity index (χ4n) is 1.28. The van der Waals surface area contributed by atoms with Gasteiger partial charge in [0.1, 0.15) is 24.4 Å². The third kappa shape index (κ3) is 9.41. The van der Waals surface area contributed by atoms with Crippen molar-refractivity contribution in [2.45, 2.75) is 30.7 Å². The fraction of sp³-hybridized carbons (Fsp3) is 1.00. The first-order valence-electron chi connectivity index (χ1n) is 4.27. The number of aliphatic hydroxyl groups excluding tert-OH is 4. The van der Waals surface area contributed by atoms with Crippen molar-refractivity contribution in [1.29, 1.82) is 0 Å². The van der Waals surface area contributed by atoms with E-state index in [-0.39, 0.29) is 114 Å². The van der Waals surface area contributed by atoms with E-state index in [1.807, 2.05) is 0 Å². The number of aliphatic hydroxyl groups is 4. The van der Waals surface area contributed by atoms with E-state index in [4.69, 9.17) is 5.11 Å². The molecule has 0 aromatic heterocycles. The summed E-state index contributed by atoms with van der Waals surface area (Å²) in [4.78, 5) is 20.6. The van der Waals surface area contributed by atoms with E-state index in [2.05, 4.69) is 9.26 Å². The van der Waals surface area contributed by atoms with Gasteiger partial charge in [-0.2, -0.15) is 0 Å². The Bertz CT molecular complexity index is 286. The first-order valence-corrected chi connectivity index (χ1v) is 5.73. The molecule has 1 heterocycles. The molecule has 11 nitrogen and oxygen atoms in total. The molecule has 1 aliphatic heterocycles. The summed E-state index contributed by atoms with van der Waals surface area (Å²) in [6.45, 7) is -0.743. The third-order valence-electron chi connectivity index (χ3n) is 2.08. The second kappa shape index (κ2) is 13.4. The molecule has 0 radical (unpaired) electrons. The Balaban J connectivity index is -0.000000320. The monoisotopic (exact) mass is 372 g/mol. The van der Waals surface area contributed by atoms with Gasteiger partial charge in [-0.05, 0) is 0 Å². The van der Waals surface area contributed by atoms with Crippen molar-refractivity contribution < 1.29 is 158 Å². The molecule has 0 amide bonds. The van der Waals surface area contributed by atoms with Gasteiger partial charge in [-0.25, -0.2) is 0 Å². The predicted octanol–water partition coefficient (Wildman–Crippen LogP) is -12.0. The van der Waals surface area contributed by atoms with Crippen LogP contribution in [0.1, 0.15) is 0 Å². The standard InChI is InChI=1S/C6H13O9P.2K.2H2O/c7-1-2-3(8)4(9)5(10)6(14-2)15-16(11,12)13;;;;/h2-10H,1H2,(H2,11,12,13);;;2*1H2/q;2*+1;;/p-2/t2-,3+,4+,5-,6-;;;;/m1..../s1. The molecule has 1 aliphatic rings. The van der Waals surface area contributed by atoms with Gasteiger partial charge in [0.15, 0.2) is 6.29 Å². The molecule has 0 bridgehead atoms. The molecular formula is C6H15K2O11P. The topological polar surface area (TPSA) is 226 Å². The van der Waals surface area contributed by atoms with Crippen molar-refractivity contribution in [2.75, 3.05) is 6.61 Å². The van der Waals surface area contributed by atoms with Gasteiger partial charge in [-0.15, -0.1) is 0 Å². The van der Waals surface area contributed by atoms with Gasteiger partial charge < -0.3 is 55.0 Å². The quantitative estimate of drug-likeness (QED) is 0.272. The van der Waals surface area contributed by atoms with E-state index in [1.54, 1.807) is 0 Å². The van der Waals surface area contributed by atoms with Crippen molar-refractivity contribution in [3.63, 3.8) is 0 Å². The van der Waals surface area contributed by atoms with Crippen LogP contribution in [0.2, 0.25) is 0 Å². The maximum absolute atomic E-state index is 10.3. The average molecular weight is 372 g/mol. The molecule has 14 heteroatoms. The van der Waals surface area contributed by atoms with Crippen LogP contribution in [-0.4, -0.2) is 68.7 Å². The summed E-state index contributed by atoms with van der Waals surface area (Å²) in [5.41, 5.74) is 0. The van der Waals surface area contributed by atoms with Crippen molar-refractivity contribution in [2.24, 2.45) is 0 Å². The largest absolute Gasteiger partial charge is 1.00 e. The average Bonchev–Trinajstić information content (AvgIpc) is 2.17. The van der Waals surface area contributed by atoms with Crippen LogP contribution in [-0.2, 0) is 13.8 Å². The summed E-state index contributed by atoms with van der Waals surface area (Å²) < 4.78 is 18.7. The molecule has 0 saturated carbocycles.